The van der Waals surface area contributed by atoms with Crippen LogP contribution in [0, 0.1) is 5.92 Å². The van der Waals surface area contributed by atoms with E-state index in [0.29, 0.717) is 16.5 Å². The van der Waals surface area contributed by atoms with Crippen LogP contribution in [0.15, 0.2) is 11.4 Å². The van der Waals surface area contributed by atoms with E-state index >= 15 is 0 Å². The second kappa shape index (κ2) is 6.11. The van der Waals surface area contributed by atoms with E-state index in [1.165, 1.54) is 11.3 Å². The predicted molar refractivity (Wildman–Crippen MR) is 67.7 cm³/mol. The summed E-state index contributed by atoms with van der Waals surface area (Å²) in [5.74, 6) is 1.44. The Morgan fingerprint density at radius 1 is 1.62 bits per heavy atom. The van der Waals surface area contributed by atoms with E-state index < -0.39 is 0 Å². The molecule has 0 saturated heterocycles. The number of carbonyl (C=O) groups excluding carboxylic acids is 1. The molecule has 1 aromatic heterocycles. The monoisotopic (exact) mass is 261 g/mol. The summed E-state index contributed by atoms with van der Waals surface area (Å²) < 4.78 is 5.03. The second-order valence-electron chi connectivity index (χ2n) is 3.74. The van der Waals surface area contributed by atoms with E-state index in [1.807, 2.05) is 19.2 Å². The van der Waals surface area contributed by atoms with Crippen molar-refractivity contribution in [1.29, 1.82) is 0 Å². The fourth-order valence-electron chi connectivity index (χ4n) is 1.10. The van der Waals surface area contributed by atoms with Crippen LogP contribution in [-0.2, 0) is 0 Å². The number of rotatable bonds is 5. The van der Waals surface area contributed by atoms with Crippen LogP contribution in [0.3, 0.4) is 0 Å². The van der Waals surface area contributed by atoms with Crippen molar-refractivity contribution in [2.45, 2.75) is 19.9 Å². The van der Waals surface area contributed by atoms with Gasteiger partial charge in [0.15, 0.2) is 0 Å². The Morgan fingerprint density at radius 2 is 2.31 bits per heavy atom. The number of ether oxygens (including phenoxy) is 1. The zero-order chi connectivity index (χ0) is 12.1. The Hall–Kier alpha value is -0.740. The molecule has 0 spiro atoms. The van der Waals surface area contributed by atoms with Crippen molar-refractivity contribution < 1.29 is 9.53 Å². The first kappa shape index (κ1) is 13.3. The summed E-state index contributed by atoms with van der Waals surface area (Å²) in [7, 11) is 1.59. The van der Waals surface area contributed by atoms with Crippen LogP contribution in [0.5, 0.6) is 5.75 Å². The third-order valence-electron chi connectivity index (χ3n) is 2.49. The van der Waals surface area contributed by atoms with Crippen molar-refractivity contribution in [2.24, 2.45) is 5.92 Å². The number of hydrogen-bond acceptors (Lipinski definition) is 3. The van der Waals surface area contributed by atoms with Gasteiger partial charge < -0.3 is 10.1 Å². The highest BCUT2D eigenvalue weighted by Gasteiger charge is 2.16. The van der Waals surface area contributed by atoms with Crippen LogP contribution in [0.1, 0.15) is 23.5 Å². The van der Waals surface area contributed by atoms with Crippen molar-refractivity contribution in [3.63, 3.8) is 0 Å². The fraction of sp³-hybridized carbons (Fsp3) is 0.545. The minimum Gasteiger partial charge on any atom is -0.496 e. The molecule has 0 aliphatic heterocycles. The Morgan fingerprint density at radius 3 is 2.81 bits per heavy atom. The molecular weight excluding hydrogens is 246 g/mol. The molecule has 16 heavy (non-hydrogen) atoms. The smallest absolute Gasteiger partial charge is 0.261 e. The van der Waals surface area contributed by atoms with Gasteiger partial charge in [-0.1, -0.05) is 6.92 Å². The molecule has 0 bridgehead atoms. The number of alkyl halides is 1. The van der Waals surface area contributed by atoms with Crippen LogP contribution >= 0.6 is 22.9 Å². The molecule has 0 aliphatic rings. The summed E-state index contributed by atoms with van der Waals surface area (Å²) in [5, 5.41) is 4.73. The lowest BCUT2D eigenvalue weighted by Crippen LogP contribution is -2.37. The molecule has 2 unspecified atom stereocenters. The summed E-state index contributed by atoms with van der Waals surface area (Å²) in [6.07, 6.45) is 0. The lowest BCUT2D eigenvalue weighted by molar-refractivity contribution is 0.0935. The number of methoxy groups -OCH3 is 1. The number of nitrogens with one attached hydrogen (secondary N) is 1. The first-order valence-corrected chi connectivity index (χ1v) is 6.49. The van der Waals surface area contributed by atoms with Gasteiger partial charge in [-0.05, 0) is 12.8 Å². The molecule has 90 valence electrons. The quantitative estimate of drug-likeness (QED) is 0.828. The van der Waals surface area contributed by atoms with Crippen LogP contribution in [-0.4, -0.2) is 24.9 Å². The highest BCUT2D eigenvalue weighted by atomic mass is 35.5. The number of hydrogen-bond donors (Lipinski definition) is 1. The molecule has 5 heteroatoms. The maximum Gasteiger partial charge on any atom is 0.261 e. The van der Waals surface area contributed by atoms with Crippen LogP contribution in [0.4, 0.5) is 0 Å². The molecule has 0 aromatic carbocycles. The standard InChI is InChI=1S/C11H16ClNO2S/c1-7(5-12)8(2)13-11(14)10-4-9(15-3)6-16-10/h4,6-8H,5H2,1-3H3,(H,13,14). The number of halogens is 1. The SMILES string of the molecule is COc1csc(C(=O)NC(C)C(C)CCl)c1. The van der Waals surface area contributed by atoms with E-state index in [0.717, 1.165) is 0 Å². The van der Waals surface area contributed by atoms with E-state index in [1.54, 1.807) is 13.2 Å². The Balaban J connectivity index is 2.58. The van der Waals surface area contributed by atoms with E-state index in [9.17, 15) is 4.79 Å². The lowest BCUT2D eigenvalue weighted by atomic mass is 10.1. The van der Waals surface area contributed by atoms with Gasteiger partial charge in [-0.15, -0.1) is 22.9 Å². The summed E-state index contributed by atoms with van der Waals surface area (Å²) in [4.78, 5) is 12.5. The fourth-order valence-corrected chi connectivity index (χ4v) is 2.12. The largest absolute Gasteiger partial charge is 0.496 e. The van der Waals surface area contributed by atoms with Gasteiger partial charge in [0.05, 0.1) is 12.0 Å². The van der Waals surface area contributed by atoms with Crippen molar-refractivity contribution in [2.75, 3.05) is 13.0 Å². The van der Waals surface area contributed by atoms with Crippen molar-refractivity contribution in [3.8, 4) is 5.75 Å². The highest BCUT2D eigenvalue weighted by molar-refractivity contribution is 7.12. The minimum absolute atomic E-state index is 0.0677. The Kier molecular flexibility index (Phi) is 5.09. The number of amides is 1. The molecule has 0 fully saturated rings. The molecule has 2 atom stereocenters. The summed E-state index contributed by atoms with van der Waals surface area (Å²) in [5.41, 5.74) is 0. The van der Waals surface area contributed by atoms with Gasteiger partial charge in [0.2, 0.25) is 0 Å². The summed E-state index contributed by atoms with van der Waals surface area (Å²) >= 11 is 7.11. The second-order valence-corrected chi connectivity index (χ2v) is 4.96. The summed E-state index contributed by atoms with van der Waals surface area (Å²) in [6, 6.07) is 1.80. The molecule has 3 nitrogen and oxygen atoms in total. The first-order chi connectivity index (χ1) is 7.58. The molecule has 1 amide bonds. The van der Waals surface area contributed by atoms with E-state index in [2.05, 4.69) is 5.32 Å². The van der Waals surface area contributed by atoms with Crippen LogP contribution in [0.25, 0.3) is 0 Å². The third kappa shape index (κ3) is 3.39. The third-order valence-corrected chi connectivity index (χ3v) is 3.88. The lowest BCUT2D eigenvalue weighted by Gasteiger charge is -2.18. The maximum absolute atomic E-state index is 11.8. The van der Waals surface area contributed by atoms with Crippen LogP contribution in [0.2, 0.25) is 0 Å². The normalized spacial score (nSPS) is 14.2. The van der Waals surface area contributed by atoms with Gasteiger partial charge in [-0.3, -0.25) is 4.79 Å². The zero-order valence-electron chi connectivity index (χ0n) is 9.62. The molecular formula is C11H16ClNO2S. The number of thiophene rings is 1. The van der Waals surface area contributed by atoms with Crippen molar-refractivity contribution >= 4 is 28.8 Å². The van der Waals surface area contributed by atoms with Gasteiger partial charge >= 0.3 is 0 Å². The average molecular weight is 262 g/mol. The zero-order valence-corrected chi connectivity index (χ0v) is 11.2. The van der Waals surface area contributed by atoms with E-state index in [4.69, 9.17) is 16.3 Å². The molecule has 1 rings (SSSR count). The molecule has 1 N–H and O–H groups in total. The van der Waals surface area contributed by atoms with E-state index in [-0.39, 0.29) is 17.9 Å². The molecule has 1 heterocycles. The Labute approximate surface area is 105 Å². The Bertz CT molecular complexity index is 354. The van der Waals surface area contributed by atoms with Crippen molar-refractivity contribution in [3.05, 3.63) is 16.3 Å². The van der Waals surface area contributed by atoms with Gasteiger partial charge in [-0.25, -0.2) is 0 Å². The topological polar surface area (TPSA) is 38.3 Å². The van der Waals surface area contributed by atoms with Crippen LogP contribution < -0.4 is 10.1 Å². The van der Waals surface area contributed by atoms with Gasteiger partial charge in [0.1, 0.15) is 5.75 Å². The molecule has 0 aliphatic carbocycles. The molecule has 0 saturated carbocycles. The highest BCUT2D eigenvalue weighted by Crippen LogP contribution is 2.21. The maximum atomic E-state index is 11.8. The van der Waals surface area contributed by atoms with Gasteiger partial charge in [0.25, 0.3) is 5.91 Å². The summed E-state index contributed by atoms with van der Waals surface area (Å²) in [6.45, 7) is 3.96. The molecule has 1 aromatic rings. The minimum atomic E-state index is -0.0715. The average Bonchev–Trinajstić information content (AvgIpc) is 2.76. The van der Waals surface area contributed by atoms with Gasteiger partial charge in [-0.2, -0.15) is 0 Å². The number of carbonyl (C=O) groups is 1. The van der Waals surface area contributed by atoms with Gasteiger partial charge in [0, 0.05) is 23.4 Å². The van der Waals surface area contributed by atoms with Crippen molar-refractivity contribution in [1.82, 2.24) is 5.32 Å². The molecule has 0 radical (unpaired) electrons. The predicted octanol–water partition coefficient (Wildman–Crippen LogP) is 2.75. The first-order valence-electron chi connectivity index (χ1n) is 5.07.